The van der Waals surface area contributed by atoms with Gasteiger partial charge in [-0.25, -0.2) is 0 Å². The molecule has 1 saturated carbocycles. The summed E-state index contributed by atoms with van der Waals surface area (Å²) in [5.41, 5.74) is 3.87. The molecule has 0 unspecified atom stereocenters. The van der Waals surface area contributed by atoms with Gasteiger partial charge in [0.05, 0.1) is 0 Å². The van der Waals surface area contributed by atoms with Crippen molar-refractivity contribution >= 4 is 23.0 Å². The predicted molar refractivity (Wildman–Crippen MR) is 114 cm³/mol. The average molecular weight is 362 g/mol. The van der Waals surface area contributed by atoms with Crippen molar-refractivity contribution in [2.24, 2.45) is 0 Å². The monoisotopic (exact) mass is 361 g/mol. The van der Waals surface area contributed by atoms with Crippen LogP contribution in [0.5, 0.6) is 0 Å². The zero-order valence-electron chi connectivity index (χ0n) is 16.7. The third-order valence-corrected chi connectivity index (χ3v) is 5.54. The van der Waals surface area contributed by atoms with Crippen molar-refractivity contribution in [2.75, 3.05) is 19.4 Å². The lowest BCUT2D eigenvalue weighted by atomic mass is 9.89. The number of hydrogen-bond donors (Lipinski definition) is 2. The number of nitrogens with one attached hydrogen (secondary N) is 2. The number of benzene rings is 1. The van der Waals surface area contributed by atoms with Crippen molar-refractivity contribution in [1.82, 2.24) is 10.2 Å². The standard InChI is InChI=1S/C21H35N3S/c1-14(2)16-10-9-11-17(15(3)4)20(16)23-21(25)22-18-12-7-8-13-19(18)24(5)6/h9-11,14-15,18-19H,7-8,12-13H2,1-6H3,(H2,22,23,25)/t18-,19-/m0/s1. The highest BCUT2D eigenvalue weighted by Crippen LogP contribution is 2.32. The minimum absolute atomic E-state index is 0.428. The highest BCUT2D eigenvalue weighted by Gasteiger charge is 2.27. The summed E-state index contributed by atoms with van der Waals surface area (Å²) in [6.45, 7) is 8.96. The van der Waals surface area contributed by atoms with Crippen LogP contribution in [0.15, 0.2) is 18.2 Å². The lowest BCUT2D eigenvalue weighted by Crippen LogP contribution is -2.52. The van der Waals surface area contributed by atoms with E-state index in [4.69, 9.17) is 12.2 Å². The van der Waals surface area contributed by atoms with Crippen LogP contribution in [-0.2, 0) is 0 Å². The number of nitrogens with zero attached hydrogens (tertiary/aromatic N) is 1. The van der Waals surface area contributed by atoms with Gasteiger partial charge < -0.3 is 15.5 Å². The van der Waals surface area contributed by atoms with Gasteiger partial charge in [-0.2, -0.15) is 0 Å². The third-order valence-electron chi connectivity index (χ3n) is 5.32. The molecule has 3 nitrogen and oxygen atoms in total. The highest BCUT2D eigenvalue weighted by atomic mass is 32.1. The maximum Gasteiger partial charge on any atom is 0.171 e. The van der Waals surface area contributed by atoms with E-state index in [1.807, 2.05) is 0 Å². The topological polar surface area (TPSA) is 27.3 Å². The Labute approximate surface area is 159 Å². The van der Waals surface area contributed by atoms with Gasteiger partial charge in [0.25, 0.3) is 0 Å². The lowest BCUT2D eigenvalue weighted by molar-refractivity contribution is 0.190. The number of rotatable bonds is 5. The molecule has 2 atom stereocenters. The summed E-state index contributed by atoms with van der Waals surface area (Å²) in [4.78, 5) is 2.33. The molecule has 1 aliphatic carbocycles. The van der Waals surface area contributed by atoms with Gasteiger partial charge in [0.15, 0.2) is 5.11 Å². The van der Waals surface area contributed by atoms with E-state index in [0.717, 1.165) is 5.11 Å². The molecule has 0 heterocycles. The van der Waals surface area contributed by atoms with Crippen LogP contribution in [0.4, 0.5) is 5.69 Å². The molecule has 1 aromatic carbocycles. The summed E-state index contributed by atoms with van der Waals surface area (Å²) in [7, 11) is 4.35. The summed E-state index contributed by atoms with van der Waals surface area (Å²) < 4.78 is 0. The summed E-state index contributed by atoms with van der Waals surface area (Å²) in [5.74, 6) is 0.932. The quantitative estimate of drug-likeness (QED) is 0.714. The minimum Gasteiger partial charge on any atom is -0.358 e. The molecule has 1 aliphatic rings. The van der Waals surface area contributed by atoms with Crippen LogP contribution < -0.4 is 10.6 Å². The Bertz CT molecular complexity index is 554. The molecule has 140 valence electrons. The van der Waals surface area contributed by atoms with E-state index in [1.54, 1.807) is 0 Å². The van der Waals surface area contributed by atoms with Crippen molar-refractivity contribution in [3.8, 4) is 0 Å². The van der Waals surface area contributed by atoms with Crippen LogP contribution in [0.1, 0.15) is 76.3 Å². The molecular formula is C21H35N3S. The fourth-order valence-electron chi connectivity index (χ4n) is 3.91. The second-order valence-electron chi connectivity index (χ2n) is 8.14. The van der Waals surface area contributed by atoms with Gasteiger partial charge in [-0.15, -0.1) is 0 Å². The molecule has 2 rings (SSSR count). The molecular weight excluding hydrogens is 326 g/mol. The summed E-state index contributed by atoms with van der Waals surface area (Å²) in [6.07, 6.45) is 5.03. The minimum atomic E-state index is 0.428. The first kappa shape index (κ1) is 20.2. The van der Waals surface area contributed by atoms with Crippen molar-refractivity contribution < 1.29 is 0 Å². The lowest BCUT2D eigenvalue weighted by Gasteiger charge is -2.37. The van der Waals surface area contributed by atoms with Crippen LogP contribution in [-0.4, -0.2) is 36.2 Å². The fraction of sp³-hybridized carbons (Fsp3) is 0.667. The van der Waals surface area contributed by atoms with Crippen molar-refractivity contribution in [3.63, 3.8) is 0 Å². The van der Waals surface area contributed by atoms with Crippen LogP contribution in [0.3, 0.4) is 0 Å². The molecule has 1 aromatic rings. The fourth-order valence-corrected chi connectivity index (χ4v) is 4.16. The van der Waals surface area contributed by atoms with E-state index < -0.39 is 0 Å². The first-order valence-electron chi connectivity index (χ1n) is 9.68. The first-order chi connectivity index (χ1) is 11.8. The van der Waals surface area contributed by atoms with E-state index in [-0.39, 0.29) is 0 Å². The van der Waals surface area contributed by atoms with Gasteiger partial charge in [-0.05, 0) is 62.1 Å². The predicted octanol–water partition coefficient (Wildman–Crippen LogP) is 5.09. The van der Waals surface area contributed by atoms with E-state index in [2.05, 4.69) is 75.5 Å². The highest BCUT2D eigenvalue weighted by molar-refractivity contribution is 7.80. The van der Waals surface area contributed by atoms with Gasteiger partial charge in [0.1, 0.15) is 0 Å². The molecule has 0 bridgehead atoms. The number of para-hydroxylation sites is 1. The molecule has 0 spiro atoms. The van der Waals surface area contributed by atoms with Crippen LogP contribution >= 0.6 is 12.2 Å². The van der Waals surface area contributed by atoms with Gasteiger partial charge >= 0.3 is 0 Å². The van der Waals surface area contributed by atoms with Crippen LogP contribution in [0, 0.1) is 0 Å². The zero-order chi connectivity index (χ0) is 18.6. The Morgan fingerprint density at radius 2 is 1.60 bits per heavy atom. The van der Waals surface area contributed by atoms with Crippen molar-refractivity contribution in [1.29, 1.82) is 0 Å². The number of hydrogen-bond acceptors (Lipinski definition) is 2. The van der Waals surface area contributed by atoms with Crippen molar-refractivity contribution in [2.45, 2.75) is 77.3 Å². The zero-order valence-corrected chi connectivity index (χ0v) is 17.5. The van der Waals surface area contributed by atoms with Crippen LogP contribution in [0.2, 0.25) is 0 Å². The maximum atomic E-state index is 5.71. The van der Waals surface area contributed by atoms with Gasteiger partial charge in [-0.1, -0.05) is 58.7 Å². The molecule has 0 amide bonds. The molecule has 1 fully saturated rings. The van der Waals surface area contributed by atoms with Gasteiger partial charge in [-0.3, -0.25) is 0 Å². The average Bonchev–Trinajstić information content (AvgIpc) is 2.54. The normalized spacial score (nSPS) is 21.0. The maximum absolute atomic E-state index is 5.71. The number of anilines is 1. The Hall–Kier alpha value is -1.13. The van der Waals surface area contributed by atoms with E-state index in [9.17, 15) is 0 Å². The Balaban J connectivity index is 2.17. The van der Waals surface area contributed by atoms with Gasteiger partial charge in [0.2, 0.25) is 0 Å². The van der Waals surface area contributed by atoms with Crippen LogP contribution in [0.25, 0.3) is 0 Å². The van der Waals surface area contributed by atoms with E-state index >= 15 is 0 Å². The Morgan fingerprint density at radius 3 is 2.12 bits per heavy atom. The molecule has 0 aliphatic heterocycles. The summed E-state index contributed by atoms with van der Waals surface area (Å²) in [6, 6.07) is 7.57. The molecule has 4 heteroatoms. The Morgan fingerprint density at radius 1 is 1.04 bits per heavy atom. The van der Waals surface area contributed by atoms with E-state index in [0.29, 0.717) is 23.9 Å². The third kappa shape index (κ3) is 5.18. The van der Waals surface area contributed by atoms with Crippen molar-refractivity contribution in [3.05, 3.63) is 29.3 Å². The largest absolute Gasteiger partial charge is 0.358 e. The summed E-state index contributed by atoms with van der Waals surface area (Å²) >= 11 is 5.71. The number of thiocarbonyl (C=S) groups is 1. The summed E-state index contributed by atoms with van der Waals surface area (Å²) in [5, 5.41) is 7.92. The second-order valence-corrected chi connectivity index (χ2v) is 8.55. The molecule has 0 radical (unpaired) electrons. The second kappa shape index (κ2) is 9.00. The molecule has 0 aromatic heterocycles. The first-order valence-corrected chi connectivity index (χ1v) is 10.1. The molecule has 25 heavy (non-hydrogen) atoms. The Kier molecular flexibility index (Phi) is 7.26. The molecule has 2 N–H and O–H groups in total. The molecule has 0 saturated heterocycles. The van der Waals surface area contributed by atoms with Gasteiger partial charge in [0, 0.05) is 17.8 Å². The smallest absolute Gasteiger partial charge is 0.171 e. The number of likely N-dealkylation sites (N-methyl/N-ethyl adjacent to an activating group) is 1. The SMILES string of the molecule is CC(C)c1cccc(C(C)C)c1NC(=S)N[C@H]1CCCC[C@@H]1N(C)C. The van der Waals surface area contributed by atoms with E-state index in [1.165, 1.54) is 42.5 Å².